The summed E-state index contributed by atoms with van der Waals surface area (Å²) in [5.74, 6) is 0. The maximum atomic E-state index is 9.20. The first-order chi connectivity index (χ1) is 5.57. The van der Waals surface area contributed by atoms with Gasteiger partial charge < -0.3 is 30.9 Å². The van der Waals surface area contributed by atoms with E-state index in [-0.39, 0.29) is 0 Å². The summed E-state index contributed by atoms with van der Waals surface area (Å²) in [6.07, 6.45) is -4.85. The van der Waals surface area contributed by atoms with Crippen molar-refractivity contribution in [1.29, 1.82) is 0 Å². The molecule has 0 aliphatic carbocycles. The van der Waals surface area contributed by atoms with Gasteiger partial charge in [0.15, 0.2) is 6.29 Å². The van der Waals surface area contributed by atoms with Crippen molar-refractivity contribution in [2.75, 3.05) is 6.61 Å². The van der Waals surface area contributed by atoms with Crippen molar-refractivity contribution < 1.29 is 25.2 Å². The van der Waals surface area contributed by atoms with Crippen LogP contribution in [0.4, 0.5) is 0 Å². The molecule has 0 radical (unpaired) electrons. The van der Waals surface area contributed by atoms with Crippen molar-refractivity contribution in [2.45, 2.75) is 30.6 Å². The molecule has 1 heterocycles. The lowest BCUT2D eigenvalue weighted by Gasteiger charge is -2.38. The first-order valence-corrected chi connectivity index (χ1v) is 3.64. The Morgan fingerprint density at radius 2 is 1.75 bits per heavy atom. The van der Waals surface area contributed by atoms with Crippen LogP contribution in [0, 0.1) is 0 Å². The SMILES string of the molecule is NC1[C@H](O)O[C@H](CO)[C@@H](O)[C@@H]1O. The fourth-order valence-electron chi connectivity index (χ4n) is 1.12. The molecule has 6 nitrogen and oxygen atoms in total. The normalized spacial score (nSPS) is 49.2. The molecule has 0 aromatic heterocycles. The molecule has 1 saturated heterocycles. The van der Waals surface area contributed by atoms with Gasteiger partial charge in [-0.15, -0.1) is 0 Å². The van der Waals surface area contributed by atoms with E-state index in [9.17, 15) is 10.2 Å². The van der Waals surface area contributed by atoms with Crippen molar-refractivity contribution >= 4 is 0 Å². The van der Waals surface area contributed by atoms with Crippen LogP contribution in [0.3, 0.4) is 0 Å². The van der Waals surface area contributed by atoms with Crippen molar-refractivity contribution in [3.8, 4) is 0 Å². The minimum atomic E-state index is -1.35. The number of aliphatic hydroxyl groups is 4. The van der Waals surface area contributed by atoms with Gasteiger partial charge in [-0.25, -0.2) is 0 Å². The molecule has 0 spiro atoms. The van der Waals surface area contributed by atoms with Crippen LogP contribution in [-0.4, -0.2) is 57.7 Å². The summed E-state index contributed by atoms with van der Waals surface area (Å²) < 4.78 is 4.70. The van der Waals surface area contributed by atoms with Gasteiger partial charge in [0, 0.05) is 0 Å². The largest absolute Gasteiger partial charge is 0.394 e. The van der Waals surface area contributed by atoms with Gasteiger partial charge in [-0.3, -0.25) is 0 Å². The van der Waals surface area contributed by atoms with Gasteiger partial charge in [0.25, 0.3) is 0 Å². The summed E-state index contributed by atoms with van der Waals surface area (Å²) in [6, 6.07) is -1.04. The summed E-state index contributed by atoms with van der Waals surface area (Å²) >= 11 is 0. The smallest absolute Gasteiger partial charge is 0.173 e. The molecule has 0 bridgehead atoms. The Morgan fingerprint density at radius 1 is 1.17 bits per heavy atom. The average molecular weight is 179 g/mol. The van der Waals surface area contributed by atoms with Gasteiger partial charge in [0.05, 0.1) is 12.6 Å². The molecular weight excluding hydrogens is 166 g/mol. The number of hydrogen-bond donors (Lipinski definition) is 5. The van der Waals surface area contributed by atoms with Gasteiger partial charge in [0.2, 0.25) is 0 Å². The van der Waals surface area contributed by atoms with Crippen LogP contribution >= 0.6 is 0 Å². The summed E-state index contributed by atoms with van der Waals surface area (Å²) in [5, 5.41) is 36.1. The molecule has 1 unspecified atom stereocenters. The zero-order valence-corrected chi connectivity index (χ0v) is 6.37. The summed E-state index contributed by atoms with van der Waals surface area (Å²) in [5.41, 5.74) is 5.26. The maximum Gasteiger partial charge on any atom is 0.173 e. The fourth-order valence-corrected chi connectivity index (χ4v) is 1.12. The van der Waals surface area contributed by atoms with E-state index in [0.717, 1.165) is 0 Å². The van der Waals surface area contributed by atoms with Crippen molar-refractivity contribution in [1.82, 2.24) is 0 Å². The average Bonchev–Trinajstić information content (AvgIpc) is 2.08. The molecule has 5 atom stereocenters. The summed E-state index contributed by atoms with van der Waals surface area (Å²) in [4.78, 5) is 0. The molecular formula is C6H13NO5. The predicted molar refractivity (Wildman–Crippen MR) is 38.0 cm³/mol. The van der Waals surface area contributed by atoms with Crippen LogP contribution in [-0.2, 0) is 4.74 Å². The lowest BCUT2D eigenvalue weighted by Crippen LogP contribution is -2.61. The highest BCUT2D eigenvalue weighted by molar-refractivity contribution is 4.90. The van der Waals surface area contributed by atoms with Crippen LogP contribution in [0.25, 0.3) is 0 Å². The van der Waals surface area contributed by atoms with Gasteiger partial charge in [0.1, 0.15) is 18.3 Å². The Labute approximate surface area is 69.2 Å². The minimum absolute atomic E-state index is 0.470. The van der Waals surface area contributed by atoms with Crippen LogP contribution < -0.4 is 5.73 Å². The second-order valence-electron chi connectivity index (χ2n) is 2.81. The third kappa shape index (κ3) is 1.58. The second-order valence-corrected chi connectivity index (χ2v) is 2.81. The van der Waals surface area contributed by atoms with E-state index < -0.39 is 37.3 Å². The summed E-state index contributed by atoms with van der Waals surface area (Å²) in [7, 11) is 0. The van der Waals surface area contributed by atoms with Crippen molar-refractivity contribution in [3.05, 3.63) is 0 Å². The lowest BCUT2D eigenvalue weighted by molar-refractivity contribution is -0.248. The topological polar surface area (TPSA) is 116 Å². The van der Waals surface area contributed by atoms with Gasteiger partial charge in [-0.2, -0.15) is 0 Å². The fraction of sp³-hybridized carbons (Fsp3) is 1.00. The first-order valence-electron chi connectivity index (χ1n) is 3.64. The highest BCUT2D eigenvalue weighted by Gasteiger charge is 2.41. The Bertz CT molecular complexity index is 150. The molecule has 1 aliphatic rings. The number of aliphatic hydroxyl groups excluding tert-OH is 4. The standard InChI is InChI=1S/C6H13NO5/c7-3-5(10)4(9)2(1-8)12-6(3)11/h2-6,8-11H,1,7H2/t2-,3?,4-,5-,6-/m1/s1. The monoisotopic (exact) mass is 179 g/mol. The Balaban J connectivity index is 2.63. The molecule has 0 aromatic rings. The van der Waals surface area contributed by atoms with E-state index in [1.165, 1.54) is 0 Å². The van der Waals surface area contributed by atoms with E-state index in [0.29, 0.717) is 0 Å². The molecule has 1 fully saturated rings. The highest BCUT2D eigenvalue weighted by Crippen LogP contribution is 2.17. The van der Waals surface area contributed by atoms with Gasteiger partial charge >= 0.3 is 0 Å². The second kappa shape index (κ2) is 3.65. The predicted octanol–water partition coefficient (Wildman–Crippen LogP) is -3.25. The quantitative estimate of drug-likeness (QED) is 0.288. The van der Waals surface area contributed by atoms with E-state index in [1.54, 1.807) is 0 Å². The number of nitrogens with two attached hydrogens (primary N) is 1. The zero-order valence-electron chi connectivity index (χ0n) is 6.37. The Morgan fingerprint density at radius 3 is 2.25 bits per heavy atom. The maximum absolute atomic E-state index is 9.20. The van der Waals surface area contributed by atoms with E-state index in [2.05, 4.69) is 0 Å². The molecule has 72 valence electrons. The summed E-state index contributed by atoms with van der Waals surface area (Å²) in [6.45, 7) is -0.470. The van der Waals surface area contributed by atoms with Crippen LogP contribution in [0.5, 0.6) is 0 Å². The highest BCUT2D eigenvalue weighted by atomic mass is 16.6. The minimum Gasteiger partial charge on any atom is -0.394 e. The Kier molecular flexibility index (Phi) is 2.99. The molecule has 0 amide bonds. The van der Waals surface area contributed by atoms with Crippen LogP contribution in [0.1, 0.15) is 0 Å². The lowest BCUT2D eigenvalue weighted by atomic mass is 9.98. The molecule has 12 heavy (non-hydrogen) atoms. The Hall–Kier alpha value is -0.240. The third-order valence-corrected chi connectivity index (χ3v) is 1.95. The van der Waals surface area contributed by atoms with Gasteiger partial charge in [-0.1, -0.05) is 0 Å². The molecule has 1 aliphatic heterocycles. The third-order valence-electron chi connectivity index (χ3n) is 1.95. The molecule has 0 saturated carbocycles. The number of hydrogen-bond acceptors (Lipinski definition) is 6. The van der Waals surface area contributed by atoms with E-state index >= 15 is 0 Å². The molecule has 1 rings (SSSR count). The molecule has 6 N–H and O–H groups in total. The van der Waals surface area contributed by atoms with Gasteiger partial charge in [-0.05, 0) is 0 Å². The number of ether oxygens (including phenoxy) is 1. The number of rotatable bonds is 1. The van der Waals surface area contributed by atoms with Crippen molar-refractivity contribution in [2.24, 2.45) is 5.73 Å². The van der Waals surface area contributed by atoms with Crippen LogP contribution in [0.2, 0.25) is 0 Å². The molecule has 0 aromatic carbocycles. The first kappa shape index (κ1) is 9.85. The van der Waals surface area contributed by atoms with E-state index in [1.807, 2.05) is 0 Å². The van der Waals surface area contributed by atoms with Crippen LogP contribution in [0.15, 0.2) is 0 Å². The van der Waals surface area contributed by atoms with E-state index in [4.69, 9.17) is 20.7 Å². The van der Waals surface area contributed by atoms with Crippen molar-refractivity contribution in [3.63, 3.8) is 0 Å². The zero-order chi connectivity index (χ0) is 9.30. The molecule has 6 heteroatoms.